The van der Waals surface area contributed by atoms with Crippen LogP contribution < -0.4 is 9.47 Å². The molecular weight excluding hydrogens is 432 g/mol. The van der Waals surface area contributed by atoms with E-state index in [4.69, 9.17) is 9.47 Å². The number of methoxy groups -OCH3 is 1. The van der Waals surface area contributed by atoms with E-state index in [1.54, 1.807) is 67.9 Å². The number of amides is 1. The highest BCUT2D eigenvalue weighted by molar-refractivity contribution is 6.46. The van der Waals surface area contributed by atoms with Crippen LogP contribution in [0.25, 0.3) is 5.76 Å². The average Bonchev–Trinajstić information content (AvgIpc) is 3.10. The molecule has 1 N–H and O–H groups in total. The Hall–Kier alpha value is -4.13. The third-order valence-electron chi connectivity index (χ3n) is 5.78. The van der Waals surface area contributed by atoms with Gasteiger partial charge >= 0.3 is 0 Å². The number of Topliss-reactive ketones (excluding diaryl/α,β-unsaturated/α-hetero) is 1. The maximum Gasteiger partial charge on any atom is 0.296 e. The molecule has 4 rings (SSSR count). The SMILES string of the molecule is CCOc1ccc(/C(O)=C2/C(=O)C(=O)N(Cc3ccccn3)C2c2ccc(OC)cc2)cc1C. The quantitative estimate of drug-likeness (QED) is 0.320. The van der Waals surface area contributed by atoms with Crippen LogP contribution in [-0.2, 0) is 16.1 Å². The zero-order valence-corrected chi connectivity index (χ0v) is 19.3. The fourth-order valence-corrected chi connectivity index (χ4v) is 4.11. The van der Waals surface area contributed by atoms with Gasteiger partial charge in [0.05, 0.1) is 37.6 Å². The van der Waals surface area contributed by atoms with Crippen LogP contribution in [0.1, 0.15) is 35.3 Å². The van der Waals surface area contributed by atoms with Crippen molar-refractivity contribution in [2.75, 3.05) is 13.7 Å². The van der Waals surface area contributed by atoms with Crippen LogP contribution in [0.4, 0.5) is 0 Å². The van der Waals surface area contributed by atoms with E-state index in [-0.39, 0.29) is 17.9 Å². The molecule has 0 saturated carbocycles. The van der Waals surface area contributed by atoms with E-state index in [9.17, 15) is 14.7 Å². The van der Waals surface area contributed by atoms with Gasteiger partial charge < -0.3 is 19.5 Å². The molecule has 3 aromatic rings. The van der Waals surface area contributed by atoms with Crippen LogP contribution in [0.15, 0.2) is 72.4 Å². The summed E-state index contributed by atoms with van der Waals surface area (Å²) in [6.45, 7) is 4.40. The molecule has 1 aromatic heterocycles. The number of hydrogen-bond acceptors (Lipinski definition) is 6. The van der Waals surface area contributed by atoms with E-state index in [1.807, 2.05) is 19.9 Å². The summed E-state index contributed by atoms with van der Waals surface area (Å²) < 4.78 is 10.8. The van der Waals surface area contributed by atoms with Crippen LogP contribution in [0.5, 0.6) is 11.5 Å². The summed E-state index contributed by atoms with van der Waals surface area (Å²) >= 11 is 0. The van der Waals surface area contributed by atoms with Gasteiger partial charge in [-0.1, -0.05) is 18.2 Å². The molecule has 0 spiro atoms. The third kappa shape index (κ3) is 4.37. The first kappa shape index (κ1) is 23.0. The van der Waals surface area contributed by atoms with Gasteiger partial charge in [0.25, 0.3) is 11.7 Å². The van der Waals surface area contributed by atoms with E-state index in [1.165, 1.54) is 4.90 Å². The Morgan fingerprint density at radius 2 is 1.85 bits per heavy atom. The number of benzene rings is 2. The van der Waals surface area contributed by atoms with E-state index < -0.39 is 17.7 Å². The number of aliphatic hydroxyl groups is 1. The molecule has 7 heteroatoms. The summed E-state index contributed by atoms with van der Waals surface area (Å²) in [6, 6.07) is 16.9. The molecule has 1 amide bonds. The number of hydrogen-bond donors (Lipinski definition) is 1. The van der Waals surface area contributed by atoms with E-state index in [2.05, 4.69) is 4.98 Å². The molecule has 1 atom stereocenters. The van der Waals surface area contributed by atoms with E-state index in [0.29, 0.717) is 34.9 Å². The summed E-state index contributed by atoms with van der Waals surface area (Å²) in [5.74, 6) is -0.306. The van der Waals surface area contributed by atoms with Gasteiger partial charge in [-0.3, -0.25) is 14.6 Å². The molecule has 2 heterocycles. The normalized spacial score (nSPS) is 17.1. The molecule has 34 heavy (non-hydrogen) atoms. The highest BCUT2D eigenvalue weighted by atomic mass is 16.5. The van der Waals surface area contributed by atoms with Crippen LogP contribution in [0.3, 0.4) is 0 Å². The number of aliphatic hydroxyl groups excluding tert-OH is 1. The Morgan fingerprint density at radius 3 is 2.47 bits per heavy atom. The van der Waals surface area contributed by atoms with Crippen molar-refractivity contribution in [3.63, 3.8) is 0 Å². The number of carbonyl (C=O) groups is 2. The van der Waals surface area contributed by atoms with E-state index >= 15 is 0 Å². The first-order valence-corrected chi connectivity index (χ1v) is 11.0. The molecule has 174 valence electrons. The van der Waals surface area contributed by atoms with Gasteiger partial charge in [0.15, 0.2) is 0 Å². The lowest BCUT2D eigenvalue weighted by Crippen LogP contribution is -2.29. The van der Waals surface area contributed by atoms with Crippen LogP contribution in [0.2, 0.25) is 0 Å². The Labute approximate surface area is 198 Å². The second-order valence-electron chi connectivity index (χ2n) is 7.93. The number of nitrogens with zero attached hydrogens (tertiary/aromatic N) is 2. The summed E-state index contributed by atoms with van der Waals surface area (Å²) in [5.41, 5.74) is 2.61. The third-order valence-corrected chi connectivity index (χ3v) is 5.78. The minimum atomic E-state index is -0.778. The highest BCUT2D eigenvalue weighted by Crippen LogP contribution is 2.41. The van der Waals surface area contributed by atoms with Crippen molar-refractivity contribution < 1.29 is 24.2 Å². The van der Waals surface area contributed by atoms with Gasteiger partial charge in [0.1, 0.15) is 17.3 Å². The highest BCUT2D eigenvalue weighted by Gasteiger charge is 2.46. The fourth-order valence-electron chi connectivity index (χ4n) is 4.11. The molecule has 1 fully saturated rings. The van der Waals surface area contributed by atoms with Gasteiger partial charge in [0, 0.05) is 11.8 Å². The van der Waals surface area contributed by atoms with Gasteiger partial charge in [-0.25, -0.2) is 0 Å². The molecule has 1 aliphatic heterocycles. The predicted octanol–water partition coefficient (Wildman–Crippen LogP) is 4.42. The number of rotatable bonds is 7. The Morgan fingerprint density at radius 1 is 1.09 bits per heavy atom. The van der Waals surface area contributed by atoms with Crippen LogP contribution >= 0.6 is 0 Å². The molecule has 1 aliphatic rings. The zero-order chi connectivity index (χ0) is 24.2. The lowest BCUT2D eigenvalue weighted by molar-refractivity contribution is -0.140. The predicted molar refractivity (Wildman–Crippen MR) is 127 cm³/mol. The lowest BCUT2D eigenvalue weighted by atomic mass is 9.94. The summed E-state index contributed by atoms with van der Waals surface area (Å²) in [4.78, 5) is 32.1. The van der Waals surface area contributed by atoms with Gasteiger partial charge in [-0.15, -0.1) is 0 Å². The molecule has 0 aliphatic carbocycles. The molecule has 2 aromatic carbocycles. The average molecular weight is 459 g/mol. The monoisotopic (exact) mass is 458 g/mol. The molecule has 1 saturated heterocycles. The molecular formula is C27H26N2O5. The minimum absolute atomic E-state index is 0.0367. The number of ether oxygens (including phenoxy) is 2. The summed E-state index contributed by atoms with van der Waals surface area (Å²) in [5, 5.41) is 11.3. The zero-order valence-electron chi connectivity index (χ0n) is 19.3. The minimum Gasteiger partial charge on any atom is -0.507 e. The lowest BCUT2D eigenvalue weighted by Gasteiger charge is -2.25. The Bertz CT molecular complexity index is 1240. The molecule has 0 radical (unpaired) electrons. The van der Waals surface area contributed by atoms with Crippen molar-refractivity contribution >= 4 is 17.4 Å². The largest absolute Gasteiger partial charge is 0.507 e. The van der Waals surface area contributed by atoms with Crippen molar-refractivity contribution in [3.8, 4) is 11.5 Å². The maximum absolute atomic E-state index is 13.2. The number of aryl methyl sites for hydroxylation is 1. The summed E-state index contributed by atoms with van der Waals surface area (Å²) in [6.07, 6.45) is 1.64. The number of aromatic nitrogens is 1. The molecule has 1 unspecified atom stereocenters. The van der Waals surface area contributed by atoms with Crippen molar-refractivity contribution in [1.29, 1.82) is 0 Å². The standard InChI is InChI=1S/C27H26N2O5/c1-4-34-22-13-10-19(15-17(22)2)25(30)23-24(18-8-11-21(33-3)12-9-18)29(27(32)26(23)31)16-20-7-5-6-14-28-20/h5-15,24,30H,4,16H2,1-3H3/b25-23-. The maximum atomic E-state index is 13.2. The topological polar surface area (TPSA) is 89.0 Å². The summed E-state index contributed by atoms with van der Waals surface area (Å²) in [7, 11) is 1.57. The van der Waals surface area contributed by atoms with Crippen molar-refractivity contribution in [2.24, 2.45) is 0 Å². The van der Waals surface area contributed by atoms with Crippen molar-refractivity contribution in [1.82, 2.24) is 9.88 Å². The number of carbonyl (C=O) groups excluding carboxylic acids is 2. The number of pyridine rings is 1. The second kappa shape index (κ2) is 9.79. The Balaban J connectivity index is 1.83. The van der Waals surface area contributed by atoms with Crippen LogP contribution in [-0.4, -0.2) is 40.4 Å². The molecule has 7 nitrogen and oxygen atoms in total. The first-order chi connectivity index (χ1) is 16.4. The first-order valence-electron chi connectivity index (χ1n) is 11.0. The van der Waals surface area contributed by atoms with E-state index in [0.717, 1.165) is 5.56 Å². The van der Waals surface area contributed by atoms with Gasteiger partial charge in [-0.05, 0) is 67.4 Å². The Kier molecular flexibility index (Phi) is 6.63. The fraction of sp³-hybridized carbons (Fsp3) is 0.222. The van der Waals surface area contributed by atoms with Gasteiger partial charge in [0.2, 0.25) is 0 Å². The van der Waals surface area contributed by atoms with Crippen LogP contribution in [0, 0.1) is 6.92 Å². The van der Waals surface area contributed by atoms with Gasteiger partial charge in [-0.2, -0.15) is 0 Å². The smallest absolute Gasteiger partial charge is 0.296 e. The number of likely N-dealkylation sites (tertiary alicyclic amines) is 1. The van der Waals surface area contributed by atoms with Crippen molar-refractivity contribution in [3.05, 3.63) is 94.8 Å². The molecule has 0 bridgehead atoms. The number of ketones is 1. The van der Waals surface area contributed by atoms with Crippen molar-refractivity contribution in [2.45, 2.75) is 26.4 Å². The second-order valence-corrected chi connectivity index (χ2v) is 7.93.